The SMILES string of the molecule is CCNC(NCC)=[NH+]CC[NH+]=C(NCC)NCC.O=C([O-])CS(=O)(=O)c1ccc(S(=O)(=O)c2ccccc2)cc1. The van der Waals surface area contributed by atoms with Gasteiger partial charge in [-0.25, -0.2) is 16.8 Å². The lowest BCUT2D eigenvalue weighted by atomic mass is 10.4. The van der Waals surface area contributed by atoms with E-state index in [1.807, 2.05) is 0 Å². The summed E-state index contributed by atoms with van der Waals surface area (Å²) in [6.45, 7) is 13.7. The highest BCUT2D eigenvalue weighted by atomic mass is 32.2. The molecule has 0 radical (unpaired) electrons. The van der Waals surface area contributed by atoms with Crippen LogP contribution in [0.2, 0.25) is 0 Å². The quantitative estimate of drug-likeness (QED) is 0.0810. The number of carboxylic acid groups (broad SMARTS) is 1. The summed E-state index contributed by atoms with van der Waals surface area (Å²) in [5.74, 6) is -0.885. The molecule has 0 amide bonds. The van der Waals surface area contributed by atoms with Crippen molar-refractivity contribution in [3.63, 3.8) is 0 Å². The van der Waals surface area contributed by atoms with E-state index in [0.29, 0.717) is 0 Å². The molecule has 0 unspecified atom stereocenters. The predicted octanol–water partition coefficient (Wildman–Crippen LogP) is -3.66. The molecule has 40 heavy (non-hydrogen) atoms. The maximum Gasteiger partial charge on any atom is 0.343 e. The molecule has 0 aliphatic carbocycles. The van der Waals surface area contributed by atoms with Crippen LogP contribution in [-0.4, -0.2) is 79.7 Å². The average Bonchev–Trinajstić information content (AvgIpc) is 2.92. The topological polar surface area (TPSA) is 184 Å². The van der Waals surface area contributed by atoms with Crippen molar-refractivity contribution in [3.8, 4) is 0 Å². The first-order valence-corrected chi connectivity index (χ1v) is 16.1. The highest BCUT2D eigenvalue weighted by molar-refractivity contribution is 7.92. The Bertz CT molecular complexity index is 1270. The van der Waals surface area contributed by atoms with Gasteiger partial charge in [0.05, 0.1) is 65.7 Å². The maximum absolute atomic E-state index is 12.3. The van der Waals surface area contributed by atoms with Crippen LogP contribution < -0.4 is 36.4 Å². The molecule has 0 aromatic heterocycles. The third-order valence-corrected chi connectivity index (χ3v) is 8.39. The predicted molar refractivity (Wildman–Crippen MR) is 152 cm³/mol. The van der Waals surface area contributed by atoms with Crippen LogP contribution in [0.1, 0.15) is 27.7 Å². The lowest BCUT2D eigenvalue weighted by Crippen LogP contribution is -2.88. The number of benzene rings is 2. The van der Waals surface area contributed by atoms with Gasteiger partial charge in [-0.1, -0.05) is 18.2 Å². The summed E-state index contributed by atoms with van der Waals surface area (Å²) in [5.41, 5.74) is 0. The van der Waals surface area contributed by atoms with E-state index in [1.54, 1.807) is 18.2 Å². The number of guanidine groups is 2. The van der Waals surface area contributed by atoms with E-state index in [1.165, 1.54) is 12.1 Å². The van der Waals surface area contributed by atoms with Gasteiger partial charge in [-0.2, -0.15) is 0 Å². The fourth-order valence-electron chi connectivity index (χ4n) is 3.26. The highest BCUT2D eigenvalue weighted by Gasteiger charge is 2.20. The third-order valence-electron chi connectivity index (χ3n) is 5.00. The first kappa shape index (κ1) is 34.4. The van der Waals surface area contributed by atoms with Gasteiger partial charge in [0.2, 0.25) is 9.84 Å². The molecule has 222 valence electrons. The van der Waals surface area contributed by atoms with Crippen LogP contribution in [0, 0.1) is 0 Å². The molecule has 0 spiro atoms. The molecule has 6 N–H and O–H groups in total. The van der Waals surface area contributed by atoms with Crippen molar-refractivity contribution in [2.24, 2.45) is 0 Å². The fourth-order valence-corrected chi connectivity index (χ4v) is 5.57. The van der Waals surface area contributed by atoms with Crippen LogP contribution in [0.25, 0.3) is 0 Å². The van der Waals surface area contributed by atoms with Gasteiger partial charge in [-0.15, -0.1) is 0 Å². The number of aliphatic carboxylic acids is 1. The Kier molecular flexibility index (Phi) is 15.3. The van der Waals surface area contributed by atoms with Crippen LogP contribution in [0.3, 0.4) is 0 Å². The van der Waals surface area contributed by atoms with Crippen molar-refractivity contribution in [1.29, 1.82) is 0 Å². The number of sulfone groups is 2. The van der Waals surface area contributed by atoms with Gasteiger partial charge in [-0.3, -0.25) is 31.3 Å². The molecular formula is C26H41N6O6S2+. The zero-order valence-electron chi connectivity index (χ0n) is 23.4. The number of carbonyl (C=O) groups excluding carboxylic acids is 1. The smallest absolute Gasteiger partial charge is 0.343 e. The summed E-state index contributed by atoms with van der Waals surface area (Å²) in [6.07, 6.45) is 0. The minimum atomic E-state index is -4.04. The largest absolute Gasteiger partial charge is 0.549 e. The fraction of sp³-hybridized carbons (Fsp3) is 0.423. The summed E-state index contributed by atoms with van der Waals surface area (Å²) < 4.78 is 48.0. The Morgan fingerprint density at radius 2 is 1.02 bits per heavy atom. The molecular weight excluding hydrogens is 556 g/mol. The van der Waals surface area contributed by atoms with Crippen LogP contribution in [0.5, 0.6) is 0 Å². The van der Waals surface area contributed by atoms with Gasteiger partial charge in [0.15, 0.2) is 9.84 Å². The van der Waals surface area contributed by atoms with Gasteiger partial charge in [0.1, 0.15) is 0 Å². The second kappa shape index (κ2) is 17.8. The molecule has 0 aliphatic heterocycles. The van der Waals surface area contributed by atoms with E-state index >= 15 is 0 Å². The van der Waals surface area contributed by atoms with Gasteiger partial charge in [0, 0.05) is 0 Å². The monoisotopic (exact) mass is 597 g/mol. The van der Waals surface area contributed by atoms with E-state index in [4.69, 9.17) is 0 Å². The molecule has 0 bridgehead atoms. The van der Waals surface area contributed by atoms with Crippen molar-refractivity contribution in [2.75, 3.05) is 45.0 Å². The third kappa shape index (κ3) is 12.0. The van der Waals surface area contributed by atoms with E-state index in [-0.39, 0.29) is 14.7 Å². The van der Waals surface area contributed by atoms with E-state index < -0.39 is 31.4 Å². The summed E-state index contributed by atoms with van der Waals surface area (Å²) in [6, 6.07) is 12.1. The molecule has 2 aromatic rings. The molecule has 0 atom stereocenters. The lowest BCUT2D eigenvalue weighted by Gasteiger charge is -2.07. The molecule has 2 aromatic carbocycles. The Labute approximate surface area is 237 Å². The maximum atomic E-state index is 12.3. The molecule has 0 fully saturated rings. The number of carbonyl (C=O) groups is 1. The summed E-state index contributed by atoms with van der Waals surface area (Å²) >= 11 is 0. The normalized spacial score (nSPS) is 10.8. The van der Waals surface area contributed by atoms with E-state index in [0.717, 1.165) is 75.5 Å². The summed E-state index contributed by atoms with van der Waals surface area (Å²) in [5, 5.41) is 23.4. The Morgan fingerprint density at radius 1 is 0.650 bits per heavy atom. The van der Waals surface area contributed by atoms with E-state index in [9.17, 15) is 26.7 Å². The van der Waals surface area contributed by atoms with Crippen LogP contribution >= 0.6 is 0 Å². The van der Waals surface area contributed by atoms with Gasteiger partial charge < -0.3 is 9.90 Å². The van der Waals surface area contributed by atoms with Crippen LogP contribution in [0.15, 0.2) is 69.3 Å². The second-order valence-corrected chi connectivity index (χ2v) is 12.1. The van der Waals surface area contributed by atoms with E-state index in [2.05, 4.69) is 58.9 Å². The Morgan fingerprint density at radius 3 is 1.40 bits per heavy atom. The van der Waals surface area contributed by atoms with Crippen molar-refractivity contribution >= 4 is 37.6 Å². The molecule has 2 rings (SSSR count). The van der Waals surface area contributed by atoms with Gasteiger partial charge in [-0.05, 0) is 64.1 Å². The van der Waals surface area contributed by atoms with Gasteiger partial charge in [0.25, 0.3) is 0 Å². The summed E-state index contributed by atoms with van der Waals surface area (Å²) in [7, 11) is -7.79. The van der Waals surface area contributed by atoms with Crippen molar-refractivity contribution in [1.82, 2.24) is 21.3 Å². The Balaban J connectivity index is 0.000000410. The molecule has 14 heteroatoms. The first-order chi connectivity index (χ1) is 19.0. The van der Waals surface area contributed by atoms with Crippen LogP contribution in [0.4, 0.5) is 0 Å². The van der Waals surface area contributed by atoms with Crippen molar-refractivity contribution in [2.45, 2.75) is 42.4 Å². The number of rotatable bonds is 12. The minimum Gasteiger partial charge on any atom is -0.549 e. The average molecular weight is 598 g/mol. The second-order valence-electron chi connectivity index (χ2n) is 8.14. The first-order valence-electron chi connectivity index (χ1n) is 13.0. The van der Waals surface area contributed by atoms with Gasteiger partial charge >= 0.3 is 11.9 Å². The standard InChI is InChI=1S/C14H12O6S2.C12H28N6/c15-14(16)10-21(17,18)11-6-8-13(9-7-11)22(19,20)12-4-2-1-3-5-12;1-5-13-11(14-6-2)17-9-10-18-12(15-7-3)16-8-4/h1-9H,10H2,(H,15,16);5-10H2,1-4H3,(H2,13,14,17)(H2,15,16,18)/p+1. The summed E-state index contributed by atoms with van der Waals surface area (Å²) in [4.78, 5) is 16.8. The van der Waals surface area contributed by atoms with Crippen molar-refractivity contribution < 1.29 is 36.7 Å². The zero-order valence-corrected chi connectivity index (χ0v) is 25.0. The number of nitrogens with one attached hydrogen (secondary N) is 6. The van der Waals surface area contributed by atoms with Crippen LogP contribution in [-0.2, 0) is 24.5 Å². The highest BCUT2D eigenvalue weighted by Crippen LogP contribution is 2.22. The number of hydrogen-bond acceptors (Lipinski definition) is 6. The van der Waals surface area contributed by atoms with Crippen molar-refractivity contribution in [3.05, 3.63) is 54.6 Å². The number of hydrogen-bond donors (Lipinski definition) is 6. The minimum absolute atomic E-state index is 0.0777. The molecule has 0 aliphatic rings. The number of carboxylic acids is 1. The lowest BCUT2D eigenvalue weighted by molar-refractivity contribution is -0.542. The molecule has 0 saturated heterocycles. The molecule has 12 nitrogen and oxygen atoms in total. The molecule has 0 heterocycles. The Hall–Kier alpha value is -3.65. The zero-order chi connectivity index (χ0) is 30.0. The molecule has 0 saturated carbocycles.